The van der Waals surface area contributed by atoms with Crippen molar-refractivity contribution in [2.24, 2.45) is 0 Å². The van der Waals surface area contributed by atoms with Gasteiger partial charge in [-0.1, -0.05) is 0 Å². The lowest BCUT2D eigenvalue weighted by Crippen LogP contribution is -2.47. The van der Waals surface area contributed by atoms with Gasteiger partial charge >= 0.3 is 0 Å². The number of halogens is 1. The van der Waals surface area contributed by atoms with Crippen molar-refractivity contribution in [2.45, 2.75) is 32.4 Å². The molecule has 0 saturated carbocycles. The van der Waals surface area contributed by atoms with Crippen LogP contribution in [0.25, 0.3) is 0 Å². The number of likely N-dealkylation sites (N-methyl/N-ethyl adjacent to an activating group) is 1. The Hall–Kier alpha value is -0.360. The molecule has 0 spiro atoms. The molecule has 2 heterocycles. The molecule has 114 valence electrons. The molecule has 0 aliphatic carbocycles. The third kappa shape index (κ3) is 5.20. The lowest BCUT2D eigenvalue weighted by molar-refractivity contribution is 0.141. The zero-order valence-electron chi connectivity index (χ0n) is 12.8. The lowest BCUT2D eigenvalue weighted by atomic mass is 10.00. The Morgan fingerprint density at radius 1 is 1.25 bits per heavy atom. The van der Waals surface area contributed by atoms with Gasteiger partial charge in [0.25, 0.3) is 0 Å². The quantitative estimate of drug-likeness (QED) is 0.860. The van der Waals surface area contributed by atoms with E-state index < -0.39 is 0 Å². The van der Waals surface area contributed by atoms with E-state index in [1.54, 1.807) is 0 Å². The fraction of sp³-hybridized carbons (Fsp3) is 0.733. The molecule has 1 aliphatic rings. The Balaban J connectivity index is 1.70. The first kappa shape index (κ1) is 16.0. The first-order valence-corrected chi connectivity index (χ1v) is 8.14. The molecule has 0 radical (unpaired) electrons. The largest absolute Gasteiger partial charge is 0.453 e. The summed E-state index contributed by atoms with van der Waals surface area (Å²) in [4.78, 5) is 4.96. The van der Waals surface area contributed by atoms with Gasteiger partial charge in [0.05, 0.1) is 6.54 Å². The molecule has 1 aromatic heterocycles. The average Bonchev–Trinajstić information content (AvgIpc) is 2.82. The van der Waals surface area contributed by atoms with E-state index >= 15 is 0 Å². The minimum Gasteiger partial charge on any atom is -0.453 e. The summed E-state index contributed by atoms with van der Waals surface area (Å²) in [6.07, 6.45) is 1.15. The van der Waals surface area contributed by atoms with Gasteiger partial charge in [0.1, 0.15) is 5.76 Å². The van der Waals surface area contributed by atoms with E-state index in [-0.39, 0.29) is 5.54 Å². The van der Waals surface area contributed by atoms with Gasteiger partial charge in [0.15, 0.2) is 4.67 Å². The maximum Gasteiger partial charge on any atom is 0.169 e. The Morgan fingerprint density at radius 2 is 1.95 bits per heavy atom. The van der Waals surface area contributed by atoms with Crippen molar-refractivity contribution in [1.29, 1.82) is 0 Å². The molecule has 5 heteroatoms. The van der Waals surface area contributed by atoms with Crippen LogP contribution in [0.1, 0.15) is 26.0 Å². The smallest absolute Gasteiger partial charge is 0.169 e. The molecule has 0 aromatic carbocycles. The summed E-state index contributed by atoms with van der Waals surface area (Å²) >= 11 is 3.34. The Bertz CT molecular complexity index is 411. The van der Waals surface area contributed by atoms with Crippen LogP contribution in [-0.4, -0.2) is 55.1 Å². The molecule has 4 nitrogen and oxygen atoms in total. The van der Waals surface area contributed by atoms with Gasteiger partial charge in [0, 0.05) is 31.7 Å². The molecule has 0 bridgehead atoms. The minimum absolute atomic E-state index is 0.128. The summed E-state index contributed by atoms with van der Waals surface area (Å²) < 4.78 is 6.32. The molecule has 1 aromatic rings. The predicted molar refractivity (Wildman–Crippen MR) is 85.9 cm³/mol. The summed E-state index contributed by atoms with van der Waals surface area (Å²) in [5.74, 6) is 0.976. The third-order valence-electron chi connectivity index (χ3n) is 4.02. The molecule has 1 aliphatic heterocycles. The van der Waals surface area contributed by atoms with Crippen LogP contribution in [0.3, 0.4) is 0 Å². The Morgan fingerprint density at radius 3 is 2.55 bits per heavy atom. The van der Waals surface area contributed by atoms with Crippen LogP contribution in [-0.2, 0) is 6.54 Å². The molecule has 2 rings (SSSR count). The van der Waals surface area contributed by atoms with Crippen molar-refractivity contribution >= 4 is 15.9 Å². The molecular weight excluding hydrogens is 318 g/mol. The fourth-order valence-corrected chi connectivity index (χ4v) is 2.71. The maximum atomic E-state index is 5.52. The Kier molecular flexibility index (Phi) is 5.66. The van der Waals surface area contributed by atoms with E-state index in [2.05, 4.69) is 51.9 Å². The topological polar surface area (TPSA) is 31.6 Å². The first-order valence-electron chi connectivity index (χ1n) is 7.35. The molecular formula is C15H26BrN3O. The van der Waals surface area contributed by atoms with Crippen LogP contribution in [0.2, 0.25) is 0 Å². The van der Waals surface area contributed by atoms with Crippen LogP contribution in [0.4, 0.5) is 0 Å². The van der Waals surface area contributed by atoms with Crippen LogP contribution in [0.5, 0.6) is 0 Å². The number of piperazine rings is 1. The van der Waals surface area contributed by atoms with E-state index in [4.69, 9.17) is 4.42 Å². The zero-order valence-corrected chi connectivity index (χ0v) is 14.4. The monoisotopic (exact) mass is 343 g/mol. The van der Waals surface area contributed by atoms with Crippen molar-refractivity contribution in [3.8, 4) is 0 Å². The summed E-state index contributed by atoms with van der Waals surface area (Å²) in [6.45, 7) is 11.2. The van der Waals surface area contributed by atoms with Gasteiger partial charge in [-0.15, -0.1) is 0 Å². The number of furan rings is 1. The maximum absolute atomic E-state index is 5.52. The number of nitrogens with zero attached hydrogens (tertiary/aromatic N) is 2. The number of hydrogen-bond acceptors (Lipinski definition) is 4. The van der Waals surface area contributed by atoms with Crippen LogP contribution >= 0.6 is 15.9 Å². The van der Waals surface area contributed by atoms with Gasteiger partial charge in [-0.05, 0) is 61.9 Å². The van der Waals surface area contributed by atoms with Gasteiger partial charge in [-0.3, -0.25) is 0 Å². The molecule has 1 N–H and O–H groups in total. The third-order valence-corrected chi connectivity index (χ3v) is 4.45. The Labute approximate surface area is 130 Å². The van der Waals surface area contributed by atoms with E-state index in [0.717, 1.165) is 29.9 Å². The predicted octanol–water partition coefficient (Wildman–Crippen LogP) is 2.55. The van der Waals surface area contributed by atoms with Crippen LogP contribution in [0, 0.1) is 0 Å². The normalized spacial score (nSPS) is 18.6. The SMILES string of the molecule is CN1CCN(CCC(C)(C)NCc2ccc(Br)o2)CC1. The fourth-order valence-electron chi connectivity index (χ4n) is 2.37. The highest BCUT2D eigenvalue weighted by atomic mass is 79.9. The number of rotatable bonds is 6. The second kappa shape index (κ2) is 7.07. The lowest BCUT2D eigenvalue weighted by Gasteiger charge is -2.35. The van der Waals surface area contributed by atoms with Gasteiger partial charge in [-0.25, -0.2) is 0 Å². The van der Waals surface area contributed by atoms with Crippen molar-refractivity contribution in [3.63, 3.8) is 0 Å². The first-order chi connectivity index (χ1) is 9.44. The van der Waals surface area contributed by atoms with E-state index in [1.165, 1.54) is 26.2 Å². The number of nitrogens with one attached hydrogen (secondary N) is 1. The average molecular weight is 344 g/mol. The highest BCUT2D eigenvalue weighted by Crippen LogP contribution is 2.16. The number of hydrogen-bond donors (Lipinski definition) is 1. The summed E-state index contributed by atoms with van der Waals surface area (Å²) in [5, 5.41) is 3.59. The summed E-state index contributed by atoms with van der Waals surface area (Å²) in [6, 6.07) is 3.95. The van der Waals surface area contributed by atoms with Gasteiger partial charge < -0.3 is 19.5 Å². The molecule has 0 unspecified atom stereocenters. The molecule has 0 atom stereocenters. The second-order valence-electron chi connectivity index (χ2n) is 6.34. The molecule has 1 saturated heterocycles. The van der Waals surface area contributed by atoms with Crippen molar-refractivity contribution in [1.82, 2.24) is 15.1 Å². The van der Waals surface area contributed by atoms with Crippen LogP contribution < -0.4 is 5.32 Å². The summed E-state index contributed by atoms with van der Waals surface area (Å²) in [7, 11) is 2.20. The van der Waals surface area contributed by atoms with Gasteiger partial charge in [-0.2, -0.15) is 0 Å². The van der Waals surface area contributed by atoms with E-state index in [9.17, 15) is 0 Å². The molecule has 20 heavy (non-hydrogen) atoms. The van der Waals surface area contributed by atoms with E-state index in [1.807, 2.05) is 12.1 Å². The van der Waals surface area contributed by atoms with Crippen molar-refractivity contribution in [3.05, 3.63) is 22.6 Å². The molecule has 1 fully saturated rings. The minimum atomic E-state index is 0.128. The van der Waals surface area contributed by atoms with Crippen molar-refractivity contribution in [2.75, 3.05) is 39.8 Å². The zero-order chi connectivity index (χ0) is 14.6. The van der Waals surface area contributed by atoms with E-state index in [0.29, 0.717) is 0 Å². The standard InChI is InChI=1S/C15H26BrN3O/c1-15(2,17-12-13-4-5-14(16)20-13)6-7-19-10-8-18(3)9-11-19/h4-5,17H,6-12H2,1-3H3. The molecule has 0 amide bonds. The van der Waals surface area contributed by atoms with Crippen molar-refractivity contribution < 1.29 is 4.42 Å². The van der Waals surface area contributed by atoms with Gasteiger partial charge in [0.2, 0.25) is 0 Å². The second-order valence-corrected chi connectivity index (χ2v) is 7.12. The van der Waals surface area contributed by atoms with Crippen LogP contribution in [0.15, 0.2) is 21.2 Å². The summed E-state index contributed by atoms with van der Waals surface area (Å²) in [5.41, 5.74) is 0.128. The highest BCUT2D eigenvalue weighted by Gasteiger charge is 2.20. The highest BCUT2D eigenvalue weighted by molar-refractivity contribution is 9.10.